The highest BCUT2D eigenvalue weighted by Crippen LogP contribution is 2.37. The minimum absolute atomic E-state index is 0.0286. The van der Waals surface area contributed by atoms with Crippen LogP contribution >= 0.6 is 0 Å². The lowest BCUT2D eigenvalue weighted by molar-refractivity contribution is 0.260. The van der Waals surface area contributed by atoms with Gasteiger partial charge in [-0.15, -0.1) is 6.58 Å². The molecule has 1 atom stereocenters. The van der Waals surface area contributed by atoms with Gasteiger partial charge in [0.1, 0.15) is 5.75 Å². The van der Waals surface area contributed by atoms with Crippen LogP contribution < -0.4 is 15.1 Å². The van der Waals surface area contributed by atoms with Crippen LogP contribution in [0, 0.1) is 5.41 Å². The molecule has 0 aliphatic carbocycles. The summed E-state index contributed by atoms with van der Waals surface area (Å²) in [7, 11) is -0.846. The zero-order valence-corrected chi connectivity index (χ0v) is 22.3. The van der Waals surface area contributed by atoms with E-state index in [1.165, 1.54) is 10.4 Å². The normalized spacial score (nSPS) is 14.0. The summed E-state index contributed by atoms with van der Waals surface area (Å²) in [5.74, 6) is 0.863. The molecule has 0 saturated carbocycles. The molecule has 2 nitrogen and oxygen atoms in total. The molecule has 3 heteroatoms. The Morgan fingerprint density at radius 2 is 1.32 bits per heavy atom. The molecule has 0 spiro atoms. The van der Waals surface area contributed by atoms with Gasteiger partial charge < -0.3 is 9.16 Å². The fraction of sp³-hybridized carbons (Fsp3) is 0.290. The minimum atomic E-state index is -2.53. The van der Waals surface area contributed by atoms with E-state index in [0.29, 0.717) is 6.61 Å². The van der Waals surface area contributed by atoms with Gasteiger partial charge in [0.2, 0.25) is 0 Å². The molecule has 0 fully saturated rings. The molecular formula is C31H38O2Si. The number of ether oxygens (including phenoxy) is 1. The molecule has 0 bridgehead atoms. The molecule has 0 unspecified atom stereocenters. The minimum Gasteiger partial charge on any atom is -0.497 e. The SMILES string of the molecule is C=C[C@@](C)(/C=C/c1ccc(OC)cc1)CCO[Si](c1ccccc1)(c1ccccc1)C(C)(C)C. The topological polar surface area (TPSA) is 18.5 Å². The monoisotopic (exact) mass is 470 g/mol. The van der Waals surface area contributed by atoms with Gasteiger partial charge in [0.15, 0.2) is 0 Å². The van der Waals surface area contributed by atoms with Gasteiger partial charge in [-0.1, -0.05) is 119 Å². The van der Waals surface area contributed by atoms with E-state index in [-0.39, 0.29) is 10.5 Å². The maximum Gasteiger partial charge on any atom is 0.261 e. The highest BCUT2D eigenvalue weighted by molar-refractivity contribution is 6.99. The summed E-state index contributed by atoms with van der Waals surface area (Å²) < 4.78 is 12.4. The number of methoxy groups -OCH3 is 1. The molecular weight excluding hydrogens is 432 g/mol. The average Bonchev–Trinajstić information content (AvgIpc) is 2.86. The Balaban J connectivity index is 1.87. The Morgan fingerprint density at radius 1 is 0.794 bits per heavy atom. The van der Waals surface area contributed by atoms with Gasteiger partial charge >= 0.3 is 0 Å². The Bertz CT molecular complexity index is 1030. The van der Waals surface area contributed by atoms with Gasteiger partial charge in [0.25, 0.3) is 8.32 Å². The second kappa shape index (κ2) is 11.0. The van der Waals surface area contributed by atoms with Gasteiger partial charge in [-0.05, 0) is 39.5 Å². The fourth-order valence-corrected chi connectivity index (χ4v) is 9.00. The van der Waals surface area contributed by atoms with Crippen LogP contribution in [0.25, 0.3) is 6.08 Å². The zero-order valence-electron chi connectivity index (χ0n) is 21.3. The third kappa shape index (κ3) is 5.78. The standard InChI is InChI=1S/C31H38O2Si/c1-7-31(5,23-22-26-18-20-27(32-6)21-19-26)24-25-33-34(30(2,3)4,28-14-10-8-11-15-28)29-16-12-9-13-17-29/h7-23H,1,24-25H2,2-6H3/b23-22+/t31-/m0/s1. The summed E-state index contributed by atoms with van der Waals surface area (Å²) in [4.78, 5) is 0. The summed E-state index contributed by atoms with van der Waals surface area (Å²) in [6.07, 6.45) is 7.27. The summed E-state index contributed by atoms with van der Waals surface area (Å²) >= 11 is 0. The summed E-state index contributed by atoms with van der Waals surface area (Å²) in [6.45, 7) is 14.0. The van der Waals surface area contributed by atoms with Crippen molar-refractivity contribution in [1.29, 1.82) is 0 Å². The fourth-order valence-electron chi connectivity index (χ4n) is 4.44. The van der Waals surface area contributed by atoms with Crippen LogP contribution in [0.2, 0.25) is 5.04 Å². The van der Waals surface area contributed by atoms with Crippen LogP contribution in [0.4, 0.5) is 0 Å². The first-order valence-electron chi connectivity index (χ1n) is 12.0. The van der Waals surface area contributed by atoms with Gasteiger partial charge in [-0.25, -0.2) is 0 Å². The molecule has 3 aromatic carbocycles. The molecule has 3 aromatic rings. The Kier molecular flexibility index (Phi) is 8.35. The Hall–Kier alpha value is -2.88. The molecule has 0 saturated heterocycles. The number of allylic oxidation sites excluding steroid dienone is 2. The number of benzene rings is 3. The second-order valence-corrected chi connectivity index (χ2v) is 14.4. The van der Waals surface area contributed by atoms with E-state index in [1.807, 2.05) is 18.2 Å². The van der Waals surface area contributed by atoms with Gasteiger partial charge in [-0.2, -0.15) is 0 Å². The zero-order chi connectivity index (χ0) is 24.7. The van der Waals surface area contributed by atoms with E-state index < -0.39 is 8.32 Å². The smallest absolute Gasteiger partial charge is 0.261 e. The largest absolute Gasteiger partial charge is 0.497 e. The molecule has 0 aliphatic heterocycles. The lowest BCUT2D eigenvalue weighted by atomic mass is 9.86. The second-order valence-electron chi connectivity index (χ2n) is 10.1. The van der Waals surface area contributed by atoms with Crippen LogP contribution in [0.5, 0.6) is 5.75 Å². The first-order chi connectivity index (χ1) is 16.2. The van der Waals surface area contributed by atoms with Crippen LogP contribution in [0.3, 0.4) is 0 Å². The van der Waals surface area contributed by atoms with Crippen LogP contribution in [0.1, 0.15) is 39.7 Å². The third-order valence-corrected chi connectivity index (χ3v) is 11.7. The predicted molar refractivity (Wildman–Crippen MR) is 149 cm³/mol. The van der Waals surface area contributed by atoms with Crippen molar-refractivity contribution in [3.05, 3.63) is 109 Å². The lowest BCUT2D eigenvalue weighted by Crippen LogP contribution is -2.66. The summed E-state index contributed by atoms with van der Waals surface area (Å²) in [5.41, 5.74) is 0.965. The molecule has 178 valence electrons. The van der Waals surface area contributed by atoms with Crippen molar-refractivity contribution in [2.45, 2.75) is 39.2 Å². The van der Waals surface area contributed by atoms with Crippen molar-refractivity contribution in [2.24, 2.45) is 5.41 Å². The quantitative estimate of drug-likeness (QED) is 0.238. The maximum absolute atomic E-state index is 7.09. The van der Waals surface area contributed by atoms with E-state index in [2.05, 4.69) is 119 Å². The van der Waals surface area contributed by atoms with Gasteiger partial charge in [0.05, 0.1) is 7.11 Å². The van der Waals surface area contributed by atoms with Crippen molar-refractivity contribution in [3.8, 4) is 5.75 Å². The van der Waals surface area contributed by atoms with Gasteiger partial charge in [-0.3, -0.25) is 0 Å². The summed E-state index contributed by atoms with van der Waals surface area (Å²) in [5, 5.41) is 2.59. The molecule has 3 rings (SSSR count). The van der Waals surface area contributed by atoms with Crippen LogP contribution in [0.15, 0.2) is 104 Å². The van der Waals surface area contributed by atoms with Crippen molar-refractivity contribution >= 4 is 24.8 Å². The van der Waals surface area contributed by atoms with Crippen molar-refractivity contribution in [1.82, 2.24) is 0 Å². The number of rotatable bonds is 10. The number of hydrogen-bond acceptors (Lipinski definition) is 2. The van der Waals surface area contributed by atoms with Gasteiger partial charge in [0, 0.05) is 12.0 Å². The highest BCUT2D eigenvalue weighted by atomic mass is 28.4. The van der Waals surface area contributed by atoms with Crippen molar-refractivity contribution in [2.75, 3.05) is 13.7 Å². The van der Waals surface area contributed by atoms with E-state index in [1.54, 1.807) is 7.11 Å². The van der Waals surface area contributed by atoms with Crippen LogP contribution in [-0.4, -0.2) is 22.0 Å². The molecule has 0 amide bonds. The molecule has 0 aromatic heterocycles. The highest BCUT2D eigenvalue weighted by Gasteiger charge is 2.50. The molecule has 0 heterocycles. The summed E-state index contributed by atoms with van der Waals surface area (Å²) in [6, 6.07) is 29.7. The lowest BCUT2D eigenvalue weighted by Gasteiger charge is -2.43. The Labute approximate surface area is 207 Å². The van der Waals surface area contributed by atoms with E-state index in [0.717, 1.165) is 17.7 Å². The molecule has 0 aliphatic rings. The first-order valence-corrected chi connectivity index (χ1v) is 13.9. The Morgan fingerprint density at radius 3 is 1.76 bits per heavy atom. The van der Waals surface area contributed by atoms with Crippen molar-refractivity contribution in [3.63, 3.8) is 0 Å². The maximum atomic E-state index is 7.09. The average molecular weight is 471 g/mol. The predicted octanol–water partition coefficient (Wildman–Crippen LogP) is 6.87. The van der Waals surface area contributed by atoms with Crippen LogP contribution in [-0.2, 0) is 4.43 Å². The first kappa shape index (κ1) is 25.7. The van der Waals surface area contributed by atoms with E-state index in [4.69, 9.17) is 9.16 Å². The van der Waals surface area contributed by atoms with E-state index in [9.17, 15) is 0 Å². The molecule has 34 heavy (non-hydrogen) atoms. The van der Waals surface area contributed by atoms with Crippen molar-refractivity contribution < 1.29 is 9.16 Å². The molecule has 0 radical (unpaired) electrons. The third-order valence-electron chi connectivity index (χ3n) is 6.61. The van der Waals surface area contributed by atoms with E-state index >= 15 is 0 Å². The number of hydrogen-bond donors (Lipinski definition) is 0. The molecule has 0 N–H and O–H groups in total.